The van der Waals surface area contributed by atoms with Crippen molar-refractivity contribution in [2.24, 2.45) is 17.6 Å². The number of amides is 1. The fraction of sp³-hybridized carbons (Fsp3) is 0.929. The fourth-order valence-electron chi connectivity index (χ4n) is 2.85. The summed E-state index contributed by atoms with van der Waals surface area (Å²) in [5, 5.41) is 3.15. The van der Waals surface area contributed by atoms with Gasteiger partial charge < -0.3 is 11.1 Å². The van der Waals surface area contributed by atoms with Crippen molar-refractivity contribution >= 4 is 5.91 Å². The lowest BCUT2D eigenvalue weighted by Gasteiger charge is -2.35. The van der Waals surface area contributed by atoms with E-state index in [9.17, 15) is 4.79 Å². The van der Waals surface area contributed by atoms with Crippen molar-refractivity contribution < 1.29 is 4.79 Å². The molecule has 0 saturated heterocycles. The Morgan fingerprint density at radius 1 is 1.41 bits per heavy atom. The van der Waals surface area contributed by atoms with Gasteiger partial charge in [-0.15, -0.1) is 0 Å². The molecule has 1 saturated carbocycles. The topological polar surface area (TPSA) is 55.1 Å². The third-order valence-corrected chi connectivity index (χ3v) is 4.04. The molecule has 0 heterocycles. The molecule has 17 heavy (non-hydrogen) atoms. The van der Waals surface area contributed by atoms with Gasteiger partial charge in [-0.05, 0) is 44.4 Å². The van der Waals surface area contributed by atoms with E-state index in [-0.39, 0.29) is 5.91 Å². The lowest BCUT2D eigenvalue weighted by Crippen LogP contribution is -2.55. The molecule has 3 N–H and O–H groups in total. The van der Waals surface area contributed by atoms with Crippen LogP contribution in [0.4, 0.5) is 0 Å². The predicted molar refractivity (Wildman–Crippen MR) is 71.6 cm³/mol. The number of carbonyl (C=O) groups excluding carboxylic acids is 1. The summed E-state index contributed by atoms with van der Waals surface area (Å²) in [5.74, 6) is 1.38. The van der Waals surface area contributed by atoms with Gasteiger partial charge in [-0.3, -0.25) is 4.79 Å². The first-order valence-electron chi connectivity index (χ1n) is 6.96. The van der Waals surface area contributed by atoms with E-state index >= 15 is 0 Å². The van der Waals surface area contributed by atoms with Crippen molar-refractivity contribution in [1.29, 1.82) is 0 Å². The summed E-state index contributed by atoms with van der Waals surface area (Å²) in [5.41, 5.74) is 5.34. The first kappa shape index (κ1) is 14.5. The molecule has 1 aliphatic rings. The molecule has 0 aromatic rings. The molecule has 4 atom stereocenters. The minimum Gasteiger partial charge on any atom is -0.352 e. The van der Waals surface area contributed by atoms with Gasteiger partial charge in [0.25, 0.3) is 0 Å². The minimum absolute atomic E-state index is 0.0192. The molecule has 100 valence electrons. The largest absolute Gasteiger partial charge is 0.352 e. The first-order valence-corrected chi connectivity index (χ1v) is 6.96. The van der Waals surface area contributed by atoms with Crippen LogP contribution in [0, 0.1) is 11.8 Å². The Kier molecular flexibility index (Phi) is 4.99. The number of hydrogen-bond donors (Lipinski definition) is 2. The van der Waals surface area contributed by atoms with Gasteiger partial charge in [-0.2, -0.15) is 0 Å². The number of rotatable bonds is 4. The molecule has 3 nitrogen and oxygen atoms in total. The third kappa shape index (κ3) is 3.98. The van der Waals surface area contributed by atoms with Gasteiger partial charge in [0, 0.05) is 6.04 Å². The van der Waals surface area contributed by atoms with E-state index in [1.807, 2.05) is 6.92 Å². The normalized spacial score (nSPS) is 32.9. The van der Waals surface area contributed by atoms with Crippen molar-refractivity contribution in [2.45, 2.75) is 71.4 Å². The van der Waals surface area contributed by atoms with Gasteiger partial charge >= 0.3 is 0 Å². The predicted octanol–water partition coefficient (Wildman–Crippen LogP) is 2.44. The maximum absolute atomic E-state index is 12.1. The van der Waals surface area contributed by atoms with Crippen LogP contribution in [-0.2, 0) is 4.79 Å². The minimum atomic E-state index is -0.711. The Hall–Kier alpha value is -0.570. The molecule has 4 unspecified atom stereocenters. The van der Waals surface area contributed by atoms with Crippen molar-refractivity contribution in [2.75, 3.05) is 0 Å². The zero-order valence-electron chi connectivity index (χ0n) is 11.8. The van der Waals surface area contributed by atoms with E-state index in [0.717, 1.165) is 25.2 Å². The Morgan fingerprint density at radius 2 is 2.06 bits per heavy atom. The molecule has 0 bridgehead atoms. The Balaban J connectivity index is 2.51. The number of nitrogens with one attached hydrogen (secondary N) is 1. The second kappa shape index (κ2) is 5.85. The van der Waals surface area contributed by atoms with Crippen molar-refractivity contribution in [1.82, 2.24) is 5.32 Å². The van der Waals surface area contributed by atoms with E-state index in [4.69, 9.17) is 5.73 Å². The van der Waals surface area contributed by atoms with E-state index in [1.165, 1.54) is 12.8 Å². The first-order chi connectivity index (χ1) is 7.86. The highest BCUT2D eigenvalue weighted by atomic mass is 16.2. The van der Waals surface area contributed by atoms with Crippen LogP contribution >= 0.6 is 0 Å². The number of nitrogens with two attached hydrogens (primary N) is 1. The maximum atomic E-state index is 12.1. The molecule has 0 aromatic carbocycles. The standard InChI is InChI=1S/C14H28N2O/c1-5-8-14(4,15)13(17)16-12-7-6-10(2)9-11(12)3/h10-12H,5-9,15H2,1-4H3,(H,16,17). The molecule has 3 heteroatoms. The smallest absolute Gasteiger partial charge is 0.240 e. The summed E-state index contributed by atoms with van der Waals surface area (Å²) < 4.78 is 0. The van der Waals surface area contributed by atoms with E-state index < -0.39 is 5.54 Å². The Labute approximate surface area is 106 Å². The maximum Gasteiger partial charge on any atom is 0.240 e. The Morgan fingerprint density at radius 3 is 2.59 bits per heavy atom. The molecular formula is C14H28N2O. The van der Waals surface area contributed by atoms with Crippen LogP contribution in [-0.4, -0.2) is 17.5 Å². The molecule has 0 spiro atoms. The van der Waals surface area contributed by atoms with E-state index in [0.29, 0.717) is 12.0 Å². The quantitative estimate of drug-likeness (QED) is 0.793. The summed E-state index contributed by atoms with van der Waals surface area (Å²) in [6.45, 7) is 8.41. The zero-order valence-corrected chi connectivity index (χ0v) is 11.8. The second-order valence-electron chi connectivity index (χ2n) is 6.14. The summed E-state index contributed by atoms with van der Waals surface area (Å²) in [6, 6.07) is 0.318. The summed E-state index contributed by atoms with van der Waals surface area (Å²) in [6.07, 6.45) is 5.20. The number of hydrogen-bond acceptors (Lipinski definition) is 2. The molecular weight excluding hydrogens is 212 g/mol. The highest BCUT2D eigenvalue weighted by Crippen LogP contribution is 2.28. The van der Waals surface area contributed by atoms with Crippen molar-refractivity contribution in [3.63, 3.8) is 0 Å². The molecule has 0 aromatic heterocycles. The van der Waals surface area contributed by atoms with Crippen LogP contribution in [0.2, 0.25) is 0 Å². The van der Waals surface area contributed by atoms with Crippen LogP contribution in [0.15, 0.2) is 0 Å². The SMILES string of the molecule is CCCC(C)(N)C(=O)NC1CCC(C)CC1C. The lowest BCUT2D eigenvalue weighted by atomic mass is 9.79. The van der Waals surface area contributed by atoms with Gasteiger partial charge in [0.2, 0.25) is 5.91 Å². The summed E-state index contributed by atoms with van der Waals surface area (Å²) in [7, 11) is 0. The molecule has 1 amide bonds. The van der Waals surface area contributed by atoms with Crippen LogP contribution in [0.25, 0.3) is 0 Å². The second-order valence-corrected chi connectivity index (χ2v) is 6.14. The van der Waals surface area contributed by atoms with Crippen LogP contribution in [0.1, 0.15) is 59.8 Å². The van der Waals surface area contributed by atoms with Crippen molar-refractivity contribution in [3.05, 3.63) is 0 Å². The van der Waals surface area contributed by atoms with Gasteiger partial charge in [0.15, 0.2) is 0 Å². The highest BCUT2D eigenvalue weighted by molar-refractivity contribution is 5.85. The summed E-state index contributed by atoms with van der Waals surface area (Å²) in [4.78, 5) is 12.1. The van der Waals surface area contributed by atoms with Gasteiger partial charge in [0.05, 0.1) is 5.54 Å². The lowest BCUT2D eigenvalue weighted by molar-refractivity contribution is -0.127. The molecule has 1 aliphatic carbocycles. The van der Waals surface area contributed by atoms with Gasteiger partial charge in [-0.1, -0.05) is 27.2 Å². The van der Waals surface area contributed by atoms with Crippen LogP contribution in [0.3, 0.4) is 0 Å². The molecule has 1 rings (SSSR count). The van der Waals surface area contributed by atoms with Crippen molar-refractivity contribution in [3.8, 4) is 0 Å². The fourth-order valence-corrected chi connectivity index (χ4v) is 2.85. The molecule has 0 aliphatic heterocycles. The zero-order chi connectivity index (χ0) is 13.1. The molecule has 1 fully saturated rings. The average molecular weight is 240 g/mol. The van der Waals surface area contributed by atoms with E-state index in [2.05, 4.69) is 26.1 Å². The Bertz CT molecular complexity index is 263. The monoisotopic (exact) mass is 240 g/mol. The van der Waals surface area contributed by atoms with Gasteiger partial charge in [0.1, 0.15) is 0 Å². The number of carbonyl (C=O) groups is 1. The summed E-state index contributed by atoms with van der Waals surface area (Å²) >= 11 is 0. The average Bonchev–Trinajstić information content (AvgIpc) is 2.22. The van der Waals surface area contributed by atoms with E-state index in [1.54, 1.807) is 0 Å². The van der Waals surface area contributed by atoms with Crippen LogP contribution in [0.5, 0.6) is 0 Å². The van der Waals surface area contributed by atoms with Gasteiger partial charge in [-0.25, -0.2) is 0 Å². The molecule has 0 radical (unpaired) electrons. The highest BCUT2D eigenvalue weighted by Gasteiger charge is 2.32. The van der Waals surface area contributed by atoms with Crippen LogP contribution < -0.4 is 11.1 Å². The third-order valence-electron chi connectivity index (χ3n) is 4.04.